The Morgan fingerprint density at radius 1 is 1.04 bits per heavy atom. The highest BCUT2D eigenvalue weighted by molar-refractivity contribution is 5.54. The van der Waals surface area contributed by atoms with Crippen LogP contribution in [0.25, 0.3) is 0 Å². The van der Waals surface area contributed by atoms with Crippen molar-refractivity contribution in [1.82, 2.24) is 9.88 Å². The van der Waals surface area contributed by atoms with Crippen LogP contribution in [0.2, 0.25) is 0 Å². The molecule has 3 heterocycles. The number of rotatable bonds is 2. The van der Waals surface area contributed by atoms with Crippen LogP contribution < -0.4 is 4.90 Å². The molecule has 126 valence electrons. The summed E-state index contributed by atoms with van der Waals surface area (Å²) in [4.78, 5) is 9.55. The molecule has 0 spiro atoms. The van der Waals surface area contributed by atoms with Crippen molar-refractivity contribution in [2.24, 2.45) is 0 Å². The normalized spacial score (nSPS) is 24.7. The second kappa shape index (κ2) is 6.54. The first kappa shape index (κ1) is 15.6. The highest BCUT2D eigenvalue weighted by Gasteiger charge is 2.36. The van der Waals surface area contributed by atoms with Crippen LogP contribution in [0.5, 0.6) is 0 Å². The van der Waals surface area contributed by atoms with E-state index >= 15 is 0 Å². The van der Waals surface area contributed by atoms with Crippen LogP contribution >= 0.6 is 0 Å². The molecular weight excluding hydrogens is 298 g/mol. The number of piperazine rings is 1. The van der Waals surface area contributed by atoms with Crippen molar-refractivity contribution in [3.05, 3.63) is 59.4 Å². The van der Waals surface area contributed by atoms with Gasteiger partial charge in [-0.2, -0.15) is 0 Å². The van der Waals surface area contributed by atoms with Crippen molar-refractivity contribution >= 4 is 5.69 Å². The molecule has 2 aliphatic heterocycles. The van der Waals surface area contributed by atoms with E-state index in [1.807, 2.05) is 6.20 Å². The fourth-order valence-corrected chi connectivity index (χ4v) is 3.99. The van der Waals surface area contributed by atoms with Gasteiger partial charge < -0.3 is 9.64 Å². The van der Waals surface area contributed by atoms with E-state index in [2.05, 4.69) is 65.0 Å². The topological polar surface area (TPSA) is 28.6 Å². The van der Waals surface area contributed by atoms with Crippen molar-refractivity contribution in [3.63, 3.8) is 0 Å². The Morgan fingerprint density at radius 3 is 2.71 bits per heavy atom. The molecule has 2 atom stereocenters. The van der Waals surface area contributed by atoms with E-state index < -0.39 is 0 Å². The maximum Gasteiger partial charge on any atom is 0.0664 e. The van der Waals surface area contributed by atoms with Gasteiger partial charge in [0.05, 0.1) is 25.3 Å². The minimum absolute atomic E-state index is 0.382. The van der Waals surface area contributed by atoms with Crippen LogP contribution in [0.15, 0.2) is 42.6 Å². The monoisotopic (exact) mass is 323 g/mol. The molecule has 0 saturated carbocycles. The van der Waals surface area contributed by atoms with E-state index in [9.17, 15) is 0 Å². The van der Waals surface area contributed by atoms with Crippen molar-refractivity contribution in [3.8, 4) is 0 Å². The summed E-state index contributed by atoms with van der Waals surface area (Å²) in [5.74, 6) is 0. The summed E-state index contributed by atoms with van der Waals surface area (Å²) in [6, 6.07) is 13.8. The first-order valence-corrected chi connectivity index (χ1v) is 8.79. The molecule has 0 radical (unpaired) electrons. The molecule has 2 fully saturated rings. The molecule has 24 heavy (non-hydrogen) atoms. The molecule has 2 saturated heterocycles. The number of anilines is 1. The summed E-state index contributed by atoms with van der Waals surface area (Å²) in [6.07, 6.45) is 1.92. The summed E-state index contributed by atoms with van der Waals surface area (Å²) in [5, 5.41) is 0. The number of hydrogen-bond donors (Lipinski definition) is 0. The number of benzene rings is 1. The lowest BCUT2D eigenvalue weighted by Gasteiger charge is -2.49. The zero-order valence-corrected chi connectivity index (χ0v) is 14.5. The Hall–Kier alpha value is -1.91. The van der Waals surface area contributed by atoms with Gasteiger partial charge in [0, 0.05) is 37.2 Å². The molecule has 4 heteroatoms. The predicted molar refractivity (Wildman–Crippen MR) is 96.4 cm³/mol. The first-order valence-electron chi connectivity index (χ1n) is 8.79. The number of fused-ring (bicyclic) bond motifs is 1. The Morgan fingerprint density at radius 2 is 1.88 bits per heavy atom. The summed E-state index contributed by atoms with van der Waals surface area (Å²) in [7, 11) is 0. The molecule has 1 aromatic heterocycles. The summed E-state index contributed by atoms with van der Waals surface area (Å²) in [6.45, 7) is 9.04. The van der Waals surface area contributed by atoms with Gasteiger partial charge in [-0.05, 0) is 31.0 Å². The highest BCUT2D eigenvalue weighted by Crippen LogP contribution is 2.32. The number of morpholine rings is 1. The van der Waals surface area contributed by atoms with E-state index in [-0.39, 0.29) is 0 Å². The Bertz CT molecular complexity index is 703. The van der Waals surface area contributed by atoms with Crippen molar-refractivity contribution < 1.29 is 4.74 Å². The highest BCUT2D eigenvalue weighted by atomic mass is 16.5. The van der Waals surface area contributed by atoms with Crippen LogP contribution in [0, 0.1) is 13.8 Å². The zero-order chi connectivity index (χ0) is 16.5. The number of nitrogens with zero attached hydrogens (tertiary/aromatic N) is 3. The van der Waals surface area contributed by atoms with Crippen molar-refractivity contribution in [1.29, 1.82) is 0 Å². The van der Waals surface area contributed by atoms with E-state index in [0.29, 0.717) is 12.1 Å². The summed E-state index contributed by atoms with van der Waals surface area (Å²) >= 11 is 0. The molecule has 2 aromatic rings. The Kier molecular flexibility index (Phi) is 4.25. The summed E-state index contributed by atoms with van der Waals surface area (Å²) in [5.41, 5.74) is 5.11. The lowest BCUT2D eigenvalue weighted by atomic mass is 9.99. The Labute approximate surface area is 144 Å². The van der Waals surface area contributed by atoms with E-state index in [1.54, 1.807) is 0 Å². The van der Waals surface area contributed by atoms with Crippen LogP contribution in [-0.2, 0) is 4.74 Å². The number of aryl methyl sites for hydroxylation is 1. The maximum atomic E-state index is 5.96. The molecule has 2 aliphatic rings. The molecule has 0 unspecified atom stereocenters. The second-order valence-electron chi connectivity index (χ2n) is 6.84. The third-order valence-corrected chi connectivity index (χ3v) is 5.47. The Balaban J connectivity index is 1.55. The van der Waals surface area contributed by atoms with Gasteiger partial charge in [0.25, 0.3) is 0 Å². The van der Waals surface area contributed by atoms with Gasteiger partial charge in [0.15, 0.2) is 0 Å². The van der Waals surface area contributed by atoms with E-state index in [1.165, 1.54) is 16.8 Å². The minimum atomic E-state index is 0.382. The van der Waals surface area contributed by atoms with Gasteiger partial charge in [-0.15, -0.1) is 0 Å². The average molecular weight is 323 g/mol. The van der Waals surface area contributed by atoms with Crippen LogP contribution in [-0.4, -0.2) is 48.8 Å². The fraction of sp³-hybridized carbons (Fsp3) is 0.450. The van der Waals surface area contributed by atoms with Gasteiger partial charge in [0.2, 0.25) is 0 Å². The number of pyridine rings is 1. The smallest absolute Gasteiger partial charge is 0.0664 e. The van der Waals surface area contributed by atoms with Gasteiger partial charge in [0.1, 0.15) is 0 Å². The molecule has 4 rings (SSSR count). The first-order chi connectivity index (χ1) is 11.7. The summed E-state index contributed by atoms with van der Waals surface area (Å²) < 4.78 is 5.96. The zero-order valence-electron chi connectivity index (χ0n) is 14.5. The molecular formula is C20H25N3O. The predicted octanol–water partition coefficient (Wildman–Crippen LogP) is 2.96. The van der Waals surface area contributed by atoms with Gasteiger partial charge in [-0.3, -0.25) is 9.88 Å². The third kappa shape index (κ3) is 2.80. The molecule has 4 nitrogen and oxygen atoms in total. The van der Waals surface area contributed by atoms with Crippen LogP contribution in [0.1, 0.15) is 22.9 Å². The van der Waals surface area contributed by atoms with E-state index in [0.717, 1.165) is 38.5 Å². The molecule has 0 bridgehead atoms. The largest absolute Gasteiger partial charge is 0.378 e. The van der Waals surface area contributed by atoms with Gasteiger partial charge >= 0.3 is 0 Å². The minimum Gasteiger partial charge on any atom is -0.378 e. The second-order valence-corrected chi connectivity index (χ2v) is 6.84. The lowest BCUT2D eigenvalue weighted by Crippen LogP contribution is -2.59. The molecule has 1 aromatic carbocycles. The fourth-order valence-electron chi connectivity index (χ4n) is 3.99. The van der Waals surface area contributed by atoms with E-state index in [4.69, 9.17) is 4.74 Å². The molecule has 0 aliphatic carbocycles. The standard InChI is InChI=1S/C20H25N3O/c1-15-16(2)21-9-8-19(15)22-10-11-23-18(12-22)13-24-14-20(23)17-6-4-3-5-7-17/h3-9,18,20H,10-14H2,1-2H3/t18-,20-/m1/s1. The van der Waals surface area contributed by atoms with Gasteiger partial charge in [-0.25, -0.2) is 0 Å². The van der Waals surface area contributed by atoms with Crippen LogP contribution in [0.4, 0.5) is 5.69 Å². The number of aromatic nitrogens is 1. The number of ether oxygens (including phenoxy) is 1. The van der Waals surface area contributed by atoms with Crippen molar-refractivity contribution in [2.45, 2.75) is 25.9 Å². The molecule has 0 amide bonds. The SMILES string of the molecule is Cc1nccc(N2CCN3[C@@H](COC[C@@H]3c3ccccc3)C2)c1C. The van der Waals surface area contributed by atoms with Gasteiger partial charge in [-0.1, -0.05) is 30.3 Å². The third-order valence-electron chi connectivity index (χ3n) is 5.47. The average Bonchev–Trinajstić information content (AvgIpc) is 2.64. The van der Waals surface area contributed by atoms with Crippen molar-refractivity contribution in [2.75, 3.05) is 37.7 Å². The quantitative estimate of drug-likeness (QED) is 0.849. The lowest BCUT2D eigenvalue weighted by molar-refractivity contribution is -0.0547. The molecule has 0 N–H and O–H groups in total. The maximum absolute atomic E-state index is 5.96. The number of hydrogen-bond acceptors (Lipinski definition) is 4. The van der Waals surface area contributed by atoms with Crippen LogP contribution in [0.3, 0.4) is 0 Å².